The SMILES string of the molecule is CCNc1nc(Cl)nc(NC(C)C(=O)O)n1. The number of carbonyl (C=O) groups is 1. The van der Waals surface area contributed by atoms with Crippen molar-refractivity contribution in [2.24, 2.45) is 0 Å². The molecule has 1 rings (SSSR count). The second-order valence-electron chi connectivity index (χ2n) is 2.99. The normalized spacial score (nSPS) is 11.9. The summed E-state index contributed by atoms with van der Waals surface area (Å²) >= 11 is 5.66. The first-order valence-corrected chi connectivity index (χ1v) is 5.05. The molecule has 1 aromatic heterocycles. The third-order valence-electron chi connectivity index (χ3n) is 1.66. The van der Waals surface area contributed by atoms with Gasteiger partial charge < -0.3 is 15.7 Å². The molecule has 0 saturated carbocycles. The van der Waals surface area contributed by atoms with Crippen molar-refractivity contribution in [2.45, 2.75) is 19.9 Å². The highest BCUT2D eigenvalue weighted by molar-refractivity contribution is 6.28. The summed E-state index contributed by atoms with van der Waals surface area (Å²) in [5.41, 5.74) is 0. The average molecular weight is 246 g/mol. The summed E-state index contributed by atoms with van der Waals surface area (Å²) in [4.78, 5) is 22.2. The zero-order valence-corrected chi connectivity index (χ0v) is 9.62. The summed E-state index contributed by atoms with van der Waals surface area (Å²) in [7, 11) is 0. The Morgan fingerprint density at radius 2 is 2.06 bits per heavy atom. The number of nitrogens with zero attached hydrogens (tertiary/aromatic N) is 3. The first kappa shape index (κ1) is 12.4. The minimum atomic E-state index is -0.999. The van der Waals surface area contributed by atoms with Gasteiger partial charge in [0.25, 0.3) is 0 Å². The van der Waals surface area contributed by atoms with E-state index >= 15 is 0 Å². The van der Waals surface area contributed by atoms with Crippen molar-refractivity contribution in [3.8, 4) is 0 Å². The fourth-order valence-corrected chi connectivity index (χ4v) is 1.07. The van der Waals surface area contributed by atoms with Crippen LogP contribution in [0, 0.1) is 0 Å². The molecule has 8 heteroatoms. The Morgan fingerprint density at radius 3 is 2.62 bits per heavy atom. The summed E-state index contributed by atoms with van der Waals surface area (Å²) in [6.07, 6.45) is 0. The molecule has 0 aliphatic heterocycles. The molecule has 3 N–H and O–H groups in total. The van der Waals surface area contributed by atoms with Gasteiger partial charge in [0.05, 0.1) is 0 Å². The van der Waals surface area contributed by atoms with E-state index in [2.05, 4.69) is 25.6 Å². The Hall–Kier alpha value is -1.63. The van der Waals surface area contributed by atoms with Crippen LogP contribution in [0.1, 0.15) is 13.8 Å². The fraction of sp³-hybridized carbons (Fsp3) is 0.500. The van der Waals surface area contributed by atoms with Gasteiger partial charge in [-0.2, -0.15) is 15.0 Å². The third kappa shape index (κ3) is 3.50. The van der Waals surface area contributed by atoms with E-state index in [1.165, 1.54) is 6.92 Å². The maximum absolute atomic E-state index is 10.6. The van der Waals surface area contributed by atoms with E-state index in [-0.39, 0.29) is 11.2 Å². The number of carboxylic acids is 1. The van der Waals surface area contributed by atoms with Gasteiger partial charge in [0.15, 0.2) is 0 Å². The van der Waals surface area contributed by atoms with Gasteiger partial charge in [0.1, 0.15) is 6.04 Å². The topological polar surface area (TPSA) is 100 Å². The number of aromatic nitrogens is 3. The van der Waals surface area contributed by atoms with Crippen LogP contribution in [-0.2, 0) is 4.79 Å². The van der Waals surface area contributed by atoms with Gasteiger partial charge in [-0.25, -0.2) is 0 Å². The standard InChI is InChI=1S/C8H12ClN5O2/c1-3-10-7-12-6(9)13-8(14-7)11-4(2)5(15)16/h4H,3H2,1-2H3,(H,15,16)(H2,10,11,12,13,14). The predicted octanol–water partition coefficient (Wildman–Crippen LogP) is 0.842. The summed E-state index contributed by atoms with van der Waals surface area (Å²) < 4.78 is 0. The van der Waals surface area contributed by atoms with Crippen molar-refractivity contribution >= 4 is 29.5 Å². The van der Waals surface area contributed by atoms with Crippen LogP contribution in [0.25, 0.3) is 0 Å². The maximum Gasteiger partial charge on any atom is 0.325 e. The summed E-state index contributed by atoms with van der Waals surface area (Å²) in [5.74, 6) is -0.560. The Morgan fingerprint density at radius 1 is 1.44 bits per heavy atom. The average Bonchev–Trinajstić information content (AvgIpc) is 2.16. The smallest absolute Gasteiger partial charge is 0.325 e. The first-order valence-electron chi connectivity index (χ1n) is 4.67. The number of hydrogen-bond donors (Lipinski definition) is 3. The van der Waals surface area contributed by atoms with Gasteiger partial charge in [0, 0.05) is 6.54 Å². The molecule has 0 fully saturated rings. The molecule has 1 heterocycles. The van der Waals surface area contributed by atoms with Crippen molar-refractivity contribution in [2.75, 3.05) is 17.2 Å². The van der Waals surface area contributed by atoms with Crippen molar-refractivity contribution < 1.29 is 9.90 Å². The molecule has 0 amide bonds. The molecule has 1 unspecified atom stereocenters. The van der Waals surface area contributed by atoms with E-state index in [0.29, 0.717) is 12.5 Å². The molecule has 1 aromatic rings. The molecule has 1 atom stereocenters. The van der Waals surface area contributed by atoms with E-state index in [1.54, 1.807) is 0 Å². The lowest BCUT2D eigenvalue weighted by Gasteiger charge is -2.10. The summed E-state index contributed by atoms with van der Waals surface area (Å²) in [6.45, 7) is 3.99. The summed E-state index contributed by atoms with van der Waals surface area (Å²) in [6, 6.07) is -0.798. The molecule has 0 radical (unpaired) electrons. The quantitative estimate of drug-likeness (QED) is 0.707. The van der Waals surface area contributed by atoms with Gasteiger partial charge >= 0.3 is 5.97 Å². The zero-order valence-electron chi connectivity index (χ0n) is 8.86. The Bertz CT molecular complexity index is 387. The number of anilines is 2. The van der Waals surface area contributed by atoms with E-state index in [1.807, 2.05) is 6.92 Å². The monoisotopic (exact) mass is 245 g/mol. The lowest BCUT2D eigenvalue weighted by Crippen LogP contribution is -2.26. The van der Waals surface area contributed by atoms with E-state index < -0.39 is 12.0 Å². The highest BCUT2D eigenvalue weighted by Gasteiger charge is 2.13. The first-order chi connectivity index (χ1) is 7.52. The molecular weight excluding hydrogens is 234 g/mol. The Balaban J connectivity index is 2.83. The van der Waals surface area contributed by atoms with Gasteiger partial charge in [-0.1, -0.05) is 0 Å². The number of aliphatic carboxylic acids is 1. The highest BCUT2D eigenvalue weighted by atomic mass is 35.5. The van der Waals surface area contributed by atoms with Gasteiger partial charge in [-0.15, -0.1) is 0 Å². The van der Waals surface area contributed by atoms with Crippen molar-refractivity contribution in [1.82, 2.24) is 15.0 Å². The minimum Gasteiger partial charge on any atom is -0.480 e. The van der Waals surface area contributed by atoms with Crippen LogP contribution < -0.4 is 10.6 Å². The Labute approximate surface area is 97.3 Å². The lowest BCUT2D eigenvalue weighted by atomic mass is 10.3. The number of rotatable bonds is 5. The minimum absolute atomic E-state index is 0.00559. The van der Waals surface area contributed by atoms with Crippen LogP contribution in [0.4, 0.5) is 11.9 Å². The van der Waals surface area contributed by atoms with Crippen LogP contribution in [0.2, 0.25) is 5.28 Å². The van der Waals surface area contributed by atoms with Crippen molar-refractivity contribution in [3.05, 3.63) is 5.28 Å². The van der Waals surface area contributed by atoms with Crippen LogP contribution in [0.5, 0.6) is 0 Å². The predicted molar refractivity (Wildman–Crippen MR) is 59.7 cm³/mol. The highest BCUT2D eigenvalue weighted by Crippen LogP contribution is 2.10. The van der Waals surface area contributed by atoms with E-state index in [0.717, 1.165) is 0 Å². The lowest BCUT2D eigenvalue weighted by molar-refractivity contribution is -0.137. The van der Waals surface area contributed by atoms with Gasteiger partial charge in [-0.05, 0) is 25.4 Å². The van der Waals surface area contributed by atoms with E-state index in [4.69, 9.17) is 16.7 Å². The summed E-state index contributed by atoms with van der Waals surface area (Å²) in [5, 5.41) is 14.2. The molecular formula is C8H12ClN5O2. The zero-order chi connectivity index (χ0) is 12.1. The molecule has 0 bridgehead atoms. The van der Waals surface area contributed by atoms with E-state index in [9.17, 15) is 4.79 Å². The fourth-order valence-electron chi connectivity index (χ4n) is 0.907. The molecule has 16 heavy (non-hydrogen) atoms. The molecule has 0 aliphatic rings. The molecule has 0 aliphatic carbocycles. The van der Waals surface area contributed by atoms with Crippen LogP contribution >= 0.6 is 11.6 Å². The van der Waals surface area contributed by atoms with Gasteiger partial charge in [-0.3, -0.25) is 4.79 Å². The number of carboxylic acid groups (broad SMARTS) is 1. The van der Waals surface area contributed by atoms with Crippen LogP contribution in [-0.4, -0.2) is 38.6 Å². The third-order valence-corrected chi connectivity index (χ3v) is 1.83. The largest absolute Gasteiger partial charge is 0.480 e. The maximum atomic E-state index is 10.6. The number of hydrogen-bond acceptors (Lipinski definition) is 6. The van der Waals surface area contributed by atoms with Gasteiger partial charge in [0.2, 0.25) is 17.2 Å². The molecule has 0 aromatic carbocycles. The second kappa shape index (κ2) is 5.45. The Kier molecular flexibility index (Phi) is 4.24. The second-order valence-corrected chi connectivity index (χ2v) is 3.32. The molecule has 7 nitrogen and oxygen atoms in total. The van der Waals surface area contributed by atoms with Crippen LogP contribution in [0.15, 0.2) is 0 Å². The molecule has 88 valence electrons. The number of nitrogens with one attached hydrogen (secondary N) is 2. The number of halogens is 1. The van der Waals surface area contributed by atoms with Crippen molar-refractivity contribution in [3.63, 3.8) is 0 Å². The van der Waals surface area contributed by atoms with Crippen LogP contribution in [0.3, 0.4) is 0 Å². The molecule has 0 spiro atoms. The molecule has 0 saturated heterocycles. The van der Waals surface area contributed by atoms with Crippen molar-refractivity contribution in [1.29, 1.82) is 0 Å².